The molecule has 184 valence electrons. The fraction of sp³-hybridized carbons (Fsp3) is 0.960. The maximum absolute atomic E-state index is 12.0. The van der Waals surface area contributed by atoms with Crippen LogP contribution in [0.25, 0.3) is 0 Å². The third-order valence-electron chi connectivity index (χ3n) is 10.4. The van der Waals surface area contributed by atoms with Gasteiger partial charge in [-0.2, -0.15) is 8.42 Å². The average molecular weight is 470 g/mol. The number of fused-ring (bicyclic) bond motifs is 5. The molecule has 3 N–H and O–H groups in total. The predicted octanol–water partition coefficient (Wildman–Crippen LogP) is 4.18. The van der Waals surface area contributed by atoms with Gasteiger partial charge in [0, 0.05) is 13.0 Å². The number of hydrogen-bond acceptors (Lipinski definition) is 4. The largest absolute Gasteiger partial charge is 0.393 e. The number of carbonyl (C=O) groups excluding carboxylic acids is 1. The van der Waals surface area contributed by atoms with Gasteiger partial charge in [-0.25, -0.2) is 0 Å². The Morgan fingerprint density at radius 2 is 1.78 bits per heavy atom. The average Bonchev–Trinajstić information content (AvgIpc) is 3.04. The van der Waals surface area contributed by atoms with E-state index in [1.807, 2.05) is 0 Å². The Balaban J connectivity index is 1.34. The van der Waals surface area contributed by atoms with Crippen molar-refractivity contribution in [2.75, 3.05) is 12.3 Å². The number of carbonyl (C=O) groups is 1. The highest BCUT2D eigenvalue weighted by atomic mass is 32.2. The van der Waals surface area contributed by atoms with E-state index >= 15 is 0 Å². The topological polar surface area (TPSA) is 104 Å². The zero-order valence-electron chi connectivity index (χ0n) is 19.9. The molecule has 0 aromatic rings. The highest BCUT2D eigenvalue weighted by molar-refractivity contribution is 7.85. The summed E-state index contributed by atoms with van der Waals surface area (Å²) < 4.78 is 30.3. The van der Waals surface area contributed by atoms with Crippen LogP contribution in [0.1, 0.15) is 90.9 Å². The standard InChI is InChI=1S/C25H43NO5S/c1-24-12-4-3-6-18(24)16-21(27)23-19-10-9-17(25(19,2)13-11-20(23)24)7-5-8-22(28)26-14-15-32(29,30)31/h17-21,23,27H,3-16H2,1-2H3,(H,26,28)(H,29,30,31)/t17-,18?,19?,20+,21-,23-,24?,25+/m0/s1. The van der Waals surface area contributed by atoms with Crippen molar-refractivity contribution in [3.05, 3.63) is 0 Å². The lowest BCUT2D eigenvalue weighted by Crippen LogP contribution is -2.57. The van der Waals surface area contributed by atoms with E-state index in [9.17, 15) is 18.3 Å². The Hall–Kier alpha value is -0.660. The van der Waals surface area contributed by atoms with Gasteiger partial charge in [0.05, 0.1) is 11.9 Å². The van der Waals surface area contributed by atoms with Gasteiger partial charge < -0.3 is 10.4 Å². The van der Waals surface area contributed by atoms with Crippen molar-refractivity contribution in [1.82, 2.24) is 5.32 Å². The molecule has 4 rings (SSSR count). The summed E-state index contributed by atoms with van der Waals surface area (Å²) >= 11 is 0. The van der Waals surface area contributed by atoms with Gasteiger partial charge in [-0.1, -0.05) is 26.7 Å². The Bertz CT molecular complexity index is 800. The monoisotopic (exact) mass is 469 g/mol. The Labute approximate surface area is 194 Å². The van der Waals surface area contributed by atoms with Crippen LogP contribution in [0, 0.1) is 40.4 Å². The van der Waals surface area contributed by atoms with Crippen LogP contribution in [0.15, 0.2) is 0 Å². The van der Waals surface area contributed by atoms with Crippen LogP contribution in [0.4, 0.5) is 0 Å². The highest BCUT2D eigenvalue weighted by Crippen LogP contribution is 2.67. The molecular formula is C25H43NO5S. The van der Waals surface area contributed by atoms with E-state index in [0.29, 0.717) is 41.4 Å². The molecular weight excluding hydrogens is 426 g/mol. The third kappa shape index (κ3) is 4.63. The maximum atomic E-state index is 12.0. The van der Waals surface area contributed by atoms with E-state index in [4.69, 9.17) is 4.55 Å². The summed E-state index contributed by atoms with van der Waals surface area (Å²) in [6.07, 6.45) is 13.3. The first kappa shape index (κ1) is 24.5. The number of hydrogen-bond donors (Lipinski definition) is 3. The van der Waals surface area contributed by atoms with E-state index < -0.39 is 15.9 Å². The van der Waals surface area contributed by atoms with Crippen molar-refractivity contribution in [2.24, 2.45) is 40.4 Å². The van der Waals surface area contributed by atoms with Gasteiger partial charge in [-0.15, -0.1) is 0 Å². The Morgan fingerprint density at radius 1 is 1.03 bits per heavy atom. The molecule has 0 aromatic carbocycles. The lowest BCUT2D eigenvalue weighted by molar-refractivity contribution is -0.162. The van der Waals surface area contributed by atoms with Gasteiger partial charge in [0.25, 0.3) is 10.1 Å². The molecule has 0 heterocycles. The SMILES string of the molecule is CC12CCCCC1C[C@H](O)[C@H]1C3CC[C@H](CCCC(=O)NCCS(=O)(=O)O)[C@@]3(C)CC[C@H]12. The van der Waals surface area contributed by atoms with Gasteiger partial charge >= 0.3 is 0 Å². The summed E-state index contributed by atoms with van der Waals surface area (Å²) in [6, 6.07) is 0. The molecule has 1 amide bonds. The van der Waals surface area contributed by atoms with Gasteiger partial charge in [0.1, 0.15) is 0 Å². The van der Waals surface area contributed by atoms with Crippen LogP contribution in [0.2, 0.25) is 0 Å². The Morgan fingerprint density at radius 3 is 2.53 bits per heavy atom. The third-order valence-corrected chi connectivity index (χ3v) is 11.2. The summed E-state index contributed by atoms with van der Waals surface area (Å²) in [7, 11) is -4.04. The molecule has 8 atom stereocenters. The van der Waals surface area contributed by atoms with E-state index in [0.717, 1.165) is 19.3 Å². The first-order valence-electron chi connectivity index (χ1n) is 12.9. The minimum absolute atomic E-state index is 0.0401. The van der Waals surface area contributed by atoms with Crippen molar-refractivity contribution in [1.29, 1.82) is 0 Å². The van der Waals surface area contributed by atoms with Crippen molar-refractivity contribution in [2.45, 2.75) is 97.0 Å². The molecule has 4 aliphatic carbocycles. The molecule has 0 aliphatic heterocycles. The summed E-state index contributed by atoms with van der Waals surface area (Å²) in [5.74, 6) is 2.44. The van der Waals surface area contributed by atoms with Gasteiger partial charge in [-0.3, -0.25) is 9.35 Å². The van der Waals surface area contributed by atoms with Crippen molar-refractivity contribution < 1.29 is 22.9 Å². The minimum Gasteiger partial charge on any atom is -0.393 e. The smallest absolute Gasteiger partial charge is 0.266 e. The lowest BCUT2D eigenvalue weighted by Gasteiger charge is -2.62. The molecule has 32 heavy (non-hydrogen) atoms. The zero-order chi connectivity index (χ0) is 23.1. The summed E-state index contributed by atoms with van der Waals surface area (Å²) in [6.45, 7) is 4.96. The van der Waals surface area contributed by atoms with Crippen molar-refractivity contribution in [3.8, 4) is 0 Å². The number of amides is 1. The van der Waals surface area contributed by atoms with Gasteiger partial charge in [0.2, 0.25) is 5.91 Å². The molecule has 0 bridgehead atoms. The predicted molar refractivity (Wildman–Crippen MR) is 125 cm³/mol. The van der Waals surface area contributed by atoms with Crippen LogP contribution in [-0.2, 0) is 14.9 Å². The molecule has 4 aliphatic rings. The lowest BCUT2D eigenvalue weighted by atomic mass is 9.44. The number of aliphatic hydroxyl groups is 1. The van der Waals surface area contributed by atoms with Gasteiger partial charge in [-0.05, 0) is 98.2 Å². The second-order valence-corrected chi connectivity index (χ2v) is 13.5. The first-order valence-corrected chi connectivity index (χ1v) is 14.6. The van der Waals surface area contributed by atoms with E-state index in [-0.39, 0.29) is 24.0 Å². The molecule has 0 aromatic heterocycles. The van der Waals surface area contributed by atoms with E-state index in [1.165, 1.54) is 51.4 Å². The van der Waals surface area contributed by atoms with Crippen molar-refractivity contribution >= 4 is 16.0 Å². The quantitative estimate of drug-likeness (QED) is 0.485. The maximum Gasteiger partial charge on any atom is 0.266 e. The first-order chi connectivity index (χ1) is 15.0. The van der Waals surface area contributed by atoms with Crippen LogP contribution in [0.5, 0.6) is 0 Å². The second-order valence-electron chi connectivity index (χ2n) is 11.9. The molecule has 4 saturated carbocycles. The fourth-order valence-electron chi connectivity index (χ4n) is 8.75. The number of aliphatic hydroxyl groups excluding tert-OH is 1. The fourth-order valence-corrected chi connectivity index (χ4v) is 9.11. The zero-order valence-corrected chi connectivity index (χ0v) is 20.7. The minimum atomic E-state index is -4.04. The summed E-state index contributed by atoms with van der Waals surface area (Å²) in [4.78, 5) is 12.0. The number of rotatable bonds is 7. The number of nitrogens with one attached hydrogen (secondary N) is 1. The van der Waals surface area contributed by atoms with Crippen LogP contribution >= 0.6 is 0 Å². The molecule has 6 nitrogen and oxygen atoms in total. The van der Waals surface area contributed by atoms with E-state index in [2.05, 4.69) is 19.2 Å². The van der Waals surface area contributed by atoms with Gasteiger partial charge in [0.15, 0.2) is 0 Å². The highest BCUT2D eigenvalue weighted by Gasteiger charge is 2.61. The van der Waals surface area contributed by atoms with Crippen LogP contribution in [-0.4, -0.2) is 42.4 Å². The Kier molecular flexibility index (Phi) is 7.02. The normalized spacial score (nSPS) is 43.8. The van der Waals surface area contributed by atoms with Crippen LogP contribution in [0.3, 0.4) is 0 Å². The molecule has 0 radical (unpaired) electrons. The van der Waals surface area contributed by atoms with Crippen molar-refractivity contribution in [3.63, 3.8) is 0 Å². The summed E-state index contributed by atoms with van der Waals surface area (Å²) in [5, 5.41) is 13.9. The summed E-state index contributed by atoms with van der Waals surface area (Å²) in [5.41, 5.74) is 0.684. The van der Waals surface area contributed by atoms with E-state index in [1.54, 1.807) is 0 Å². The molecule has 0 spiro atoms. The molecule has 4 fully saturated rings. The van der Waals surface area contributed by atoms with Crippen LogP contribution < -0.4 is 5.32 Å². The molecule has 0 saturated heterocycles. The molecule has 7 heteroatoms. The molecule has 3 unspecified atom stereocenters. The second kappa shape index (κ2) is 9.18.